The average molecular weight is 343 g/mol. The summed E-state index contributed by atoms with van der Waals surface area (Å²) in [6.45, 7) is 0. The summed E-state index contributed by atoms with van der Waals surface area (Å²) in [6.07, 6.45) is 0. The highest BCUT2D eigenvalue weighted by Crippen LogP contribution is 2.32. The van der Waals surface area contributed by atoms with Crippen molar-refractivity contribution in [3.8, 4) is 11.5 Å². The monoisotopic (exact) mass is 341 g/mol. The molecule has 0 unspecified atom stereocenters. The smallest absolute Gasteiger partial charge is 0.141 e. The van der Waals surface area contributed by atoms with Crippen LogP contribution in [0.1, 0.15) is 5.56 Å². The zero-order chi connectivity index (χ0) is 13.1. The molecule has 5 heteroatoms. The summed E-state index contributed by atoms with van der Waals surface area (Å²) < 4.78 is 6.64. The Morgan fingerprint density at radius 1 is 1.17 bits per heavy atom. The van der Waals surface area contributed by atoms with Gasteiger partial charge >= 0.3 is 0 Å². The highest BCUT2D eigenvalue weighted by atomic mass is 79.9. The maximum Gasteiger partial charge on any atom is 0.141 e. The second-order valence-electron chi connectivity index (χ2n) is 3.54. The van der Waals surface area contributed by atoms with Gasteiger partial charge in [0, 0.05) is 5.02 Å². The molecular formula is C13H9BrClNOS. The Morgan fingerprint density at radius 2 is 1.89 bits per heavy atom. The van der Waals surface area contributed by atoms with Gasteiger partial charge in [0.2, 0.25) is 0 Å². The van der Waals surface area contributed by atoms with Crippen molar-refractivity contribution >= 4 is 44.7 Å². The SMILES string of the molecule is NC(=S)c1cc(Cl)ccc1Oc1ccccc1Br. The molecule has 2 rings (SSSR count). The van der Waals surface area contributed by atoms with Crippen LogP contribution in [-0.4, -0.2) is 4.99 Å². The molecule has 2 N–H and O–H groups in total. The van der Waals surface area contributed by atoms with Gasteiger partial charge in [0.25, 0.3) is 0 Å². The molecule has 92 valence electrons. The Kier molecular flexibility index (Phi) is 4.22. The molecule has 0 amide bonds. The Morgan fingerprint density at radius 3 is 2.56 bits per heavy atom. The molecule has 0 aliphatic rings. The molecule has 0 bridgehead atoms. The molecule has 0 heterocycles. The lowest BCUT2D eigenvalue weighted by molar-refractivity contribution is 0.479. The Labute approximate surface area is 124 Å². The maximum atomic E-state index is 5.92. The van der Waals surface area contributed by atoms with E-state index < -0.39 is 0 Å². The summed E-state index contributed by atoms with van der Waals surface area (Å²) in [5, 5.41) is 0.567. The summed E-state index contributed by atoms with van der Waals surface area (Å²) in [6, 6.07) is 12.7. The minimum absolute atomic E-state index is 0.250. The fourth-order valence-corrected chi connectivity index (χ4v) is 2.13. The van der Waals surface area contributed by atoms with Crippen molar-refractivity contribution in [3.05, 3.63) is 57.5 Å². The quantitative estimate of drug-likeness (QED) is 0.832. The van der Waals surface area contributed by atoms with Crippen LogP contribution < -0.4 is 10.5 Å². The fraction of sp³-hybridized carbons (Fsp3) is 0. The number of ether oxygens (including phenoxy) is 1. The number of halogens is 2. The zero-order valence-electron chi connectivity index (χ0n) is 9.19. The van der Waals surface area contributed by atoms with E-state index in [2.05, 4.69) is 15.9 Å². The first-order valence-electron chi connectivity index (χ1n) is 5.09. The van der Waals surface area contributed by atoms with E-state index in [4.69, 9.17) is 34.3 Å². The van der Waals surface area contributed by atoms with E-state index in [1.165, 1.54) is 0 Å². The zero-order valence-corrected chi connectivity index (χ0v) is 12.3. The third-order valence-corrected chi connectivity index (χ3v) is 3.37. The van der Waals surface area contributed by atoms with Gasteiger partial charge in [-0.3, -0.25) is 0 Å². The van der Waals surface area contributed by atoms with Crippen LogP contribution in [0.3, 0.4) is 0 Å². The van der Waals surface area contributed by atoms with Gasteiger partial charge in [-0.05, 0) is 46.3 Å². The summed E-state index contributed by atoms with van der Waals surface area (Å²) >= 11 is 14.3. The first kappa shape index (κ1) is 13.3. The number of hydrogen-bond donors (Lipinski definition) is 1. The molecule has 0 aliphatic carbocycles. The molecule has 0 fully saturated rings. The normalized spacial score (nSPS) is 10.1. The molecule has 18 heavy (non-hydrogen) atoms. The summed E-state index contributed by atoms with van der Waals surface area (Å²) in [4.78, 5) is 0.250. The van der Waals surface area contributed by atoms with Gasteiger partial charge in [-0.1, -0.05) is 36.0 Å². The van der Waals surface area contributed by atoms with Crippen molar-refractivity contribution in [3.63, 3.8) is 0 Å². The van der Waals surface area contributed by atoms with E-state index in [-0.39, 0.29) is 4.99 Å². The Bertz CT molecular complexity index is 603. The van der Waals surface area contributed by atoms with Gasteiger partial charge in [0.1, 0.15) is 16.5 Å². The van der Waals surface area contributed by atoms with E-state index in [1.807, 2.05) is 24.3 Å². The minimum Gasteiger partial charge on any atom is -0.455 e. The first-order valence-corrected chi connectivity index (χ1v) is 6.67. The molecule has 2 aromatic carbocycles. The molecule has 0 atom stereocenters. The third kappa shape index (κ3) is 3.02. The molecule has 2 nitrogen and oxygen atoms in total. The second kappa shape index (κ2) is 5.69. The molecule has 0 aromatic heterocycles. The van der Waals surface area contributed by atoms with E-state index in [0.717, 1.165) is 4.47 Å². The predicted molar refractivity (Wildman–Crippen MR) is 81.6 cm³/mol. The standard InChI is InChI=1S/C13H9BrClNOS/c14-10-3-1-2-4-12(10)17-11-6-5-8(15)7-9(11)13(16)18/h1-7H,(H2,16,18). The number of rotatable bonds is 3. The van der Waals surface area contributed by atoms with Crippen LogP contribution in [0.4, 0.5) is 0 Å². The van der Waals surface area contributed by atoms with Gasteiger partial charge in [0.05, 0.1) is 10.0 Å². The highest BCUT2D eigenvalue weighted by Gasteiger charge is 2.09. The molecule has 0 aliphatic heterocycles. The number of hydrogen-bond acceptors (Lipinski definition) is 2. The molecule has 0 spiro atoms. The lowest BCUT2D eigenvalue weighted by Gasteiger charge is -2.11. The van der Waals surface area contributed by atoms with Gasteiger partial charge in [-0.2, -0.15) is 0 Å². The predicted octanol–water partition coefficient (Wildman–Crippen LogP) is 4.53. The summed E-state index contributed by atoms with van der Waals surface area (Å²) in [5.41, 5.74) is 6.27. The van der Waals surface area contributed by atoms with Crippen molar-refractivity contribution < 1.29 is 4.74 Å². The largest absolute Gasteiger partial charge is 0.455 e. The minimum atomic E-state index is 0.250. The van der Waals surface area contributed by atoms with Crippen LogP contribution in [0.2, 0.25) is 5.02 Å². The van der Waals surface area contributed by atoms with E-state index in [1.54, 1.807) is 18.2 Å². The van der Waals surface area contributed by atoms with E-state index >= 15 is 0 Å². The van der Waals surface area contributed by atoms with Crippen LogP contribution in [0.5, 0.6) is 11.5 Å². The van der Waals surface area contributed by atoms with E-state index in [0.29, 0.717) is 22.1 Å². The van der Waals surface area contributed by atoms with Crippen LogP contribution in [0, 0.1) is 0 Å². The van der Waals surface area contributed by atoms with Crippen molar-refractivity contribution in [2.24, 2.45) is 5.73 Å². The summed E-state index contributed by atoms with van der Waals surface area (Å²) in [7, 11) is 0. The number of para-hydroxylation sites is 1. The van der Waals surface area contributed by atoms with Crippen LogP contribution in [-0.2, 0) is 0 Å². The molecule has 2 aromatic rings. The average Bonchev–Trinajstić information content (AvgIpc) is 2.34. The molecular weight excluding hydrogens is 334 g/mol. The molecule has 0 saturated carbocycles. The van der Waals surface area contributed by atoms with Crippen LogP contribution in [0.15, 0.2) is 46.9 Å². The topological polar surface area (TPSA) is 35.2 Å². The van der Waals surface area contributed by atoms with Crippen molar-refractivity contribution in [1.82, 2.24) is 0 Å². The maximum absolute atomic E-state index is 5.92. The van der Waals surface area contributed by atoms with Gasteiger partial charge in [-0.15, -0.1) is 0 Å². The Balaban J connectivity index is 2.41. The lowest BCUT2D eigenvalue weighted by Crippen LogP contribution is -2.10. The third-order valence-electron chi connectivity index (χ3n) is 2.26. The molecule has 0 radical (unpaired) electrons. The number of thiocarbonyl (C=S) groups is 1. The second-order valence-corrected chi connectivity index (χ2v) is 5.27. The Hall–Kier alpha value is -1.10. The highest BCUT2D eigenvalue weighted by molar-refractivity contribution is 9.10. The fourth-order valence-electron chi connectivity index (χ4n) is 1.43. The first-order chi connectivity index (χ1) is 8.58. The lowest BCUT2D eigenvalue weighted by atomic mass is 10.2. The van der Waals surface area contributed by atoms with Crippen molar-refractivity contribution in [2.75, 3.05) is 0 Å². The van der Waals surface area contributed by atoms with Crippen molar-refractivity contribution in [2.45, 2.75) is 0 Å². The van der Waals surface area contributed by atoms with Crippen LogP contribution in [0.25, 0.3) is 0 Å². The van der Waals surface area contributed by atoms with Gasteiger partial charge < -0.3 is 10.5 Å². The summed E-state index contributed by atoms with van der Waals surface area (Å²) in [5.74, 6) is 1.27. The van der Waals surface area contributed by atoms with Gasteiger partial charge in [-0.25, -0.2) is 0 Å². The van der Waals surface area contributed by atoms with Crippen LogP contribution >= 0.6 is 39.7 Å². The van der Waals surface area contributed by atoms with Crippen molar-refractivity contribution in [1.29, 1.82) is 0 Å². The van der Waals surface area contributed by atoms with Gasteiger partial charge in [0.15, 0.2) is 0 Å². The molecule has 0 saturated heterocycles. The number of nitrogens with two attached hydrogens (primary N) is 1. The number of benzene rings is 2. The van der Waals surface area contributed by atoms with E-state index in [9.17, 15) is 0 Å².